The monoisotopic (exact) mass is 228 g/mol. The van der Waals surface area contributed by atoms with Crippen LogP contribution in [-0.4, -0.2) is 16.9 Å². The van der Waals surface area contributed by atoms with Crippen LogP contribution in [0.25, 0.3) is 0 Å². The Morgan fingerprint density at radius 3 is 1.81 bits per heavy atom. The van der Waals surface area contributed by atoms with Crippen molar-refractivity contribution in [3.8, 4) is 0 Å². The molecule has 3 heteroatoms. The minimum Gasteiger partial charge on any atom is -0.481 e. The number of carbonyl (C=O) groups excluding carboxylic acids is 1. The van der Waals surface area contributed by atoms with E-state index < -0.39 is 5.97 Å². The van der Waals surface area contributed by atoms with E-state index in [4.69, 9.17) is 5.11 Å². The van der Waals surface area contributed by atoms with Crippen LogP contribution in [0.5, 0.6) is 0 Å². The van der Waals surface area contributed by atoms with Gasteiger partial charge < -0.3 is 5.11 Å². The number of Topliss-reactive ketones (excluding diaryl/α,β-unsaturated/α-hetero) is 1. The summed E-state index contributed by atoms with van der Waals surface area (Å²) in [5.41, 5.74) is 0. The molecule has 0 aliphatic rings. The fourth-order valence-corrected chi connectivity index (χ4v) is 1.71. The number of rotatable bonds is 11. The number of hydrogen-bond acceptors (Lipinski definition) is 2. The van der Waals surface area contributed by atoms with Crippen LogP contribution < -0.4 is 0 Å². The Balaban J connectivity index is 3.09. The minimum atomic E-state index is -0.704. The van der Waals surface area contributed by atoms with Crippen molar-refractivity contribution in [2.75, 3.05) is 0 Å². The van der Waals surface area contributed by atoms with Gasteiger partial charge in [-0.1, -0.05) is 32.6 Å². The van der Waals surface area contributed by atoms with Crippen molar-refractivity contribution in [2.24, 2.45) is 0 Å². The Hall–Kier alpha value is -0.860. The summed E-state index contributed by atoms with van der Waals surface area (Å²) in [6.45, 7) is 2.03. The summed E-state index contributed by atoms with van der Waals surface area (Å²) in [6, 6.07) is 0. The van der Waals surface area contributed by atoms with Gasteiger partial charge in [-0.3, -0.25) is 9.59 Å². The van der Waals surface area contributed by atoms with Gasteiger partial charge in [0.25, 0.3) is 0 Å². The third kappa shape index (κ3) is 11.2. The lowest BCUT2D eigenvalue weighted by atomic mass is 10.1. The predicted octanol–water partition coefficient (Wildman–Crippen LogP) is 3.56. The molecule has 0 saturated carbocycles. The summed E-state index contributed by atoms with van der Waals surface area (Å²) in [4.78, 5) is 21.4. The lowest BCUT2D eigenvalue weighted by Crippen LogP contribution is -1.96. The molecule has 0 aliphatic heterocycles. The van der Waals surface area contributed by atoms with Crippen LogP contribution in [0.1, 0.15) is 71.1 Å². The van der Waals surface area contributed by atoms with E-state index >= 15 is 0 Å². The van der Waals surface area contributed by atoms with Crippen LogP contribution in [0.3, 0.4) is 0 Å². The highest BCUT2D eigenvalue weighted by molar-refractivity contribution is 5.78. The van der Waals surface area contributed by atoms with Gasteiger partial charge in [0.15, 0.2) is 0 Å². The Bertz CT molecular complexity index is 199. The van der Waals surface area contributed by atoms with E-state index in [1.165, 1.54) is 0 Å². The maximum Gasteiger partial charge on any atom is 0.303 e. The average molecular weight is 228 g/mol. The normalized spacial score (nSPS) is 10.3. The molecule has 1 N–H and O–H groups in total. The maximum atomic E-state index is 11.2. The highest BCUT2D eigenvalue weighted by Crippen LogP contribution is 2.09. The van der Waals surface area contributed by atoms with Crippen LogP contribution in [0, 0.1) is 0 Å². The highest BCUT2D eigenvalue weighted by Gasteiger charge is 2.00. The first-order chi connectivity index (χ1) is 7.66. The van der Waals surface area contributed by atoms with E-state index in [1.54, 1.807) is 0 Å². The fourth-order valence-electron chi connectivity index (χ4n) is 1.71. The fraction of sp³-hybridized carbons (Fsp3) is 0.846. The first kappa shape index (κ1) is 15.1. The standard InChI is InChI=1S/C13H24O3/c1-2-9-12(14)10-7-5-3-4-6-8-11-13(15)16/h2-11H2,1H3,(H,15,16). The molecule has 0 aromatic carbocycles. The summed E-state index contributed by atoms with van der Waals surface area (Å²) in [5.74, 6) is -0.321. The molecule has 0 amide bonds. The summed E-state index contributed by atoms with van der Waals surface area (Å²) in [6.07, 6.45) is 8.78. The van der Waals surface area contributed by atoms with E-state index in [9.17, 15) is 9.59 Å². The summed E-state index contributed by atoms with van der Waals surface area (Å²) in [5, 5.41) is 8.43. The van der Waals surface area contributed by atoms with Crippen molar-refractivity contribution in [3.63, 3.8) is 0 Å². The first-order valence-electron chi connectivity index (χ1n) is 6.40. The van der Waals surface area contributed by atoms with E-state index in [0.29, 0.717) is 5.78 Å². The molecule has 94 valence electrons. The molecular weight excluding hydrogens is 204 g/mol. The molecule has 0 aliphatic carbocycles. The van der Waals surface area contributed by atoms with Crippen molar-refractivity contribution in [3.05, 3.63) is 0 Å². The second-order valence-electron chi connectivity index (χ2n) is 4.30. The molecule has 0 saturated heterocycles. The Morgan fingerprint density at radius 1 is 0.812 bits per heavy atom. The molecule has 0 fully saturated rings. The van der Waals surface area contributed by atoms with Gasteiger partial charge in [-0.25, -0.2) is 0 Å². The zero-order valence-corrected chi connectivity index (χ0v) is 10.3. The van der Waals surface area contributed by atoms with Gasteiger partial charge in [-0.2, -0.15) is 0 Å². The Labute approximate surface area is 98.2 Å². The van der Waals surface area contributed by atoms with Crippen molar-refractivity contribution < 1.29 is 14.7 Å². The Morgan fingerprint density at radius 2 is 1.31 bits per heavy atom. The van der Waals surface area contributed by atoms with Gasteiger partial charge in [0.1, 0.15) is 5.78 Å². The number of aliphatic carboxylic acids is 1. The molecule has 0 aromatic heterocycles. The predicted molar refractivity (Wildman–Crippen MR) is 64.5 cm³/mol. The highest BCUT2D eigenvalue weighted by atomic mass is 16.4. The summed E-state index contributed by atoms with van der Waals surface area (Å²) < 4.78 is 0. The van der Waals surface area contributed by atoms with E-state index in [1.807, 2.05) is 6.92 Å². The Kier molecular flexibility index (Phi) is 10.1. The topological polar surface area (TPSA) is 54.4 Å². The largest absolute Gasteiger partial charge is 0.481 e. The van der Waals surface area contributed by atoms with Crippen molar-refractivity contribution >= 4 is 11.8 Å². The third-order valence-electron chi connectivity index (χ3n) is 2.63. The van der Waals surface area contributed by atoms with Gasteiger partial charge >= 0.3 is 5.97 Å². The van der Waals surface area contributed by atoms with Crippen molar-refractivity contribution in [1.29, 1.82) is 0 Å². The van der Waals surface area contributed by atoms with Crippen molar-refractivity contribution in [2.45, 2.75) is 71.1 Å². The van der Waals surface area contributed by atoms with Crippen molar-refractivity contribution in [1.82, 2.24) is 0 Å². The molecular formula is C13H24O3. The molecule has 0 heterocycles. The van der Waals surface area contributed by atoms with Gasteiger partial charge in [-0.05, 0) is 19.3 Å². The average Bonchev–Trinajstić information content (AvgIpc) is 2.22. The van der Waals surface area contributed by atoms with Crippen LogP contribution in [0.2, 0.25) is 0 Å². The van der Waals surface area contributed by atoms with Gasteiger partial charge in [0, 0.05) is 19.3 Å². The number of hydrogen-bond donors (Lipinski definition) is 1. The molecule has 0 atom stereocenters. The number of carboxylic acids is 1. The molecule has 0 unspecified atom stereocenters. The zero-order valence-electron chi connectivity index (χ0n) is 10.3. The van der Waals surface area contributed by atoms with Gasteiger partial charge in [-0.15, -0.1) is 0 Å². The molecule has 16 heavy (non-hydrogen) atoms. The smallest absolute Gasteiger partial charge is 0.303 e. The maximum absolute atomic E-state index is 11.2. The number of carboxylic acid groups (broad SMARTS) is 1. The first-order valence-corrected chi connectivity index (χ1v) is 6.40. The van der Waals surface area contributed by atoms with E-state index in [2.05, 4.69) is 0 Å². The molecule has 0 rings (SSSR count). The number of carbonyl (C=O) groups is 2. The van der Waals surface area contributed by atoms with Crippen LogP contribution in [-0.2, 0) is 9.59 Å². The molecule has 0 aromatic rings. The third-order valence-corrected chi connectivity index (χ3v) is 2.63. The van der Waals surface area contributed by atoms with E-state index in [0.717, 1.165) is 57.8 Å². The van der Waals surface area contributed by atoms with Crippen LogP contribution in [0.4, 0.5) is 0 Å². The molecule has 0 spiro atoms. The summed E-state index contributed by atoms with van der Waals surface area (Å²) in [7, 11) is 0. The molecule has 0 bridgehead atoms. The van der Waals surface area contributed by atoms with E-state index in [-0.39, 0.29) is 6.42 Å². The number of ketones is 1. The number of unbranched alkanes of at least 4 members (excludes halogenated alkanes) is 5. The van der Waals surface area contributed by atoms with Gasteiger partial charge in [0.2, 0.25) is 0 Å². The summed E-state index contributed by atoms with van der Waals surface area (Å²) >= 11 is 0. The van der Waals surface area contributed by atoms with Crippen LogP contribution >= 0.6 is 0 Å². The quantitative estimate of drug-likeness (QED) is 0.550. The molecule has 3 nitrogen and oxygen atoms in total. The lowest BCUT2D eigenvalue weighted by Gasteiger charge is -2.00. The van der Waals surface area contributed by atoms with Crippen LogP contribution in [0.15, 0.2) is 0 Å². The SMILES string of the molecule is CCCC(=O)CCCCCCCCC(=O)O. The minimum absolute atomic E-state index is 0.287. The zero-order chi connectivity index (χ0) is 12.2. The van der Waals surface area contributed by atoms with Gasteiger partial charge in [0.05, 0.1) is 0 Å². The second-order valence-corrected chi connectivity index (χ2v) is 4.30. The second kappa shape index (κ2) is 10.7. The lowest BCUT2D eigenvalue weighted by molar-refractivity contribution is -0.137. The molecule has 0 radical (unpaired) electrons.